The van der Waals surface area contributed by atoms with Crippen molar-refractivity contribution in [2.45, 2.75) is 26.2 Å². The van der Waals surface area contributed by atoms with E-state index in [9.17, 15) is 0 Å². The normalized spacial score (nSPS) is 22.0. The van der Waals surface area contributed by atoms with E-state index < -0.39 is 0 Å². The molecule has 2 unspecified atom stereocenters. The molecule has 4 rings (SSSR count). The van der Waals surface area contributed by atoms with Gasteiger partial charge in [0.25, 0.3) is 0 Å². The lowest BCUT2D eigenvalue weighted by Gasteiger charge is -2.23. The lowest BCUT2D eigenvalue weighted by atomic mass is 9.88. The van der Waals surface area contributed by atoms with E-state index in [-0.39, 0.29) is 24.8 Å². The number of allylic oxidation sites excluding steroid dienone is 1. The highest BCUT2D eigenvalue weighted by molar-refractivity contribution is 5.86. The molecule has 2 bridgehead atoms. The second-order valence-electron chi connectivity index (χ2n) is 7.23. The lowest BCUT2D eigenvalue weighted by Crippen LogP contribution is -2.19. The van der Waals surface area contributed by atoms with Crippen molar-refractivity contribution >= 4 is 41.3 Å². The Balaban J connectivity index is 0.00000104. The number of aromatic nitrogens is 1. The van der Waals surface area contributed by atoms with Crippen LogP contribution in [0.4, 0.5) is 0 Å². The maximum Gasteiger partial charge on any atom is 0.0712 e. The summed E-state index contributed by atoms with van der Waals surface area (Å²) < 4.78 is 0. The number of para-hydroxylation sites is 1. The van der Waals surface area contributed by atoms with Crippen molar-refractivity contribution in [3.8, 4) is 0 Å². The van der Waals surface area contributed by atoms with Gasteiger partial charge in [-0.25, -0.2) is 4.98 Å². The minimum atomic E-state index is 0. The SMILES string of the molecule is Cc1cc(C2=C(CN(C)C)C3CCC2C3)nc2ccccc12.Cl.Cl. The smallest absolute Gasteiger partial charge is 0.0712 e. The standard InChI is InChI=1S/C20H24N2.2ClH/c1-13-10-19(21-18-7-5-4-6-16(13)18)20-15-9-8-14(11-15)17(20)12-22(2)3;;/h4-7,10,14-15H,8-9,11-12H2,1-3H3;2*1H. The topological polar surface area (TPSA) is 16.1 Å². The molecule has 1 saturated carbocycles. The van der Waals surface area contributed by atoms with Gasteiger partial charge in [0.15, 0.2) is 0 Å². The monoisotopic (exact) mass is 364 g/mol. The number of aryl methyl sites for hydroxylation is 1. The average molecular weight is 365 g/mol. The lowest BCUT2D eigenvalue weighted by molar-refractivity contribution is 0.423. The van der Waals surface area contributed by atoms with Gasteiger partial charge >= 0.3 is 0 Å². The zero-order valence-corrected chi connectivity index (χ0v) is 16.2. The van der Waals surface area contributed by atoms with Crippen LogP contribution in [-0.4, -0.2) is 30.5 Å². The average Bonchev–Trinajstić information content (AvgIpc) is 3.08. The van der Waals surface area contributed by atoms with Gasteiger partial charge in [-0.2, -0.15) is 0 Å². The molecule has 4 heteroatoms. The van der Waals surface area contributed by atoms with Gasteiger partial charge in [0.1, 0.15) is 0 Å². The molecule has 1 aromatic carbocycles. The quantitative estimate of drug-likeness (QED) is 0.749. The van der Waals surface area contributed by atoms with Gasteiger partial charge in [0, 0.05) is 11.9 Å². The first-order chi connectivity index (χ1) is 10.6. The molecule has 2 aliphatic rings. The summed E-state index contributed by atoms with van der Waals surface area (Å²) >= 11 is 0. The summed E-state index contributed by atoms with van der Waals surface area (Å²) in [5, 5.41) is 1.28. The number of halogens is 2. The molecule has 1 fully saturated rings. The van der Waals surface area contributed by atoms with Crippen LogP contribution in [-0.2, 0) is 0 Å². The third kappa shape index (κ3) is 3.20. The van der Waals surface area contributed by atoms with Crippen LogP contribution in [0.5, 0.6) is 0 Å². The minimum Gasteiger partial charge on any atom is -0.305 e. The fourth-order valence-corrected chi connectivity index (χ4v) is 4.46. The number of hydrogen-bond donors (Lipinski definition) is 0. The highest BCUT2D eigenvalue weighted by Crippen LogP contribution is 2.52. The molecule has 24 heavy (non-hydrogen) atoms. The predicted molar refractivity (Wildman–Crippen MR) is 107 cm³/mol. The number of rotatable bonds is 3. The Bertz CT molecular complexity index is 767. The molecule has 2 atom stereocenters. The molecule has 0 radical (unpaired) electrons. The van der Waals surface area contributed by atoms with E-state index in [1.165, 1.54) is 35.9 Å². The Hall–Kier alpha value is -1.09. The highest BCUT2D eigenvalue weighted by Gasteiger charge is 2.40. The van der Waals surface area contributed by atoms with Gasteiger partial charge in [0.05, 0.1) is 11.2 Å². The summed E-state index contributed by atoms with van der Waals surface area (Å²) in [6.45, 7) is 3.30. The second-order valence-corrected chi connectivity index (χ2v) is 7.23. The van der Waals surface area contributed by atoms with E-state index in [2.05, 4.69) is 56.3 Å². The first-order valence-corrected chi connectivity index (χ1v) is 8.38. The molecule has 0 aliphatic heterocycles. The summed E-state index contributed by atoms with van der Waals surface area (Å²) in [5.41, 5.74) is 6.94. The Morgan fingerprint density at radius 1 is 1.08 bits per heavy atom. The Morgan fingerprint density at radius 2 is 1.79 bits per heavy atom. The van der Waals surface area contributed by atoms with E-state index in [4.69, 9.17) is 4.98 Å². The van der Waals surface area contributed by atoms with Crippen LogP contribution in [0.25, 0.3) is 16.5 Å². The summed E-state index contributed by atoms with van der Waals surface area (Å²) in [5.74, 6) is 1.55. The number of benzene rings is 1. The van der Waals surface area contributed by atoms with E-state index in [1.807, 2.05) is 0 Å². The van der Waals surface area contributed by atoms with Gasteiger partial charge in [-0.3, -0.25) is 0 Å². The Morgan fingerprint density at radius 3 is 2.54 bits per heavy atom. The molecule has 2 aromatic rings. The minimum absolute atomic E-state index is 0. The molecule has 2 aliphatic carbocycles. The van der Waals surface area contributed by atoms with Crippen molar-refractivity contribution in [1.82, 2.24) is 9.88 Å². The molecule has 2 nitrogen and oxygen atoms in total. The van der Waals surface area contributed by atoms with Gasteiger partial charge in [-0.05, 0) is 81.0 Å². The number of fused-ring (bicyclic) bond motifs is 3. The fourth-order valence-electron chi connectivity index (χ4n) is 4.46. The van der Waals surface area contributed by atoms with Crippen molar-refractivity contribution in [3.63, 3.8) is 0 Å². The number of hydrogen-bond acceptors (Lipinski definition) is 2. The first kappa shape index (κ1) is 19.2. The van der Waals surface area contributed by atoms with Crippen LogP contribution in [0, 0.1) is 18.8 Å². The van der Waals surface area contributed by atoms with Crippen LogP contribution < -0.4 is 0 Å². The second kappa shape index (κ2) is 7.43. The predicted octanol–water partition coefficient (Wildman–Crippen LogP) is 5.13. The third-order valence-electron chi connectivity index (χ3n) is 5.37. The molecule has 0 saturated heterocycles. The van der Waals surface area contributed by atoms with Gasteiger partial charge in [-0.15, -0.1) is 24.8 Å². The van der Waals surface area contributed by atoms with Crippen molar-refractivity contribution in [3.05, 3.63) is 47.2 Å². The van der Waals surface area contributed by atoms with Gasteiger partial charge in [0.2, 0.25) is 0 Å². The maximum absolute atomic E-state index is 5.02. The Labute approximate surface area is 157 Å². The molecule has 1 heterocycles. The van der Waals surface area contributed by atoms with Crippen LogP contribution >= 0.6 is 24.8 Å². The molecule has 1 aromatic heterocycles. The summed E-state index contributed by atoms with van der Waals surface area (Å²) in [4.78, 5) is 7.33. The zero-order valence-electron chi connectivity index (χ0n) is 14.6. The number of likely N-dealkylation sites (N-methyl/N-ethyl adjacent to an activating group) is 1. The van der Waals surface area contributed by atoms with Crippen molar-refractivity contribution in [1.29, 1.82) is 0 Å². The van der Waals surface area contributed by atoms with E-state index in [0.717, 1.165) is 23.9 Å². The molecule has 0 N–H and O–H groups in total. The number of nitrogens with zero attached hydrogens (tertiary/aromatic N) is 2. The van der Waals surface area contributed by atoms with E-state index in [1.54, 1.807) is 11.1 Å². The summed E-state index contributed by atoms with van der Waals surface area (Å²) in [7, 11) is 4.35. The zero-order chi connectivity index (χ0) is 15.3. The summed E-state index contributed by atoms with van der Waals surface area (Å²) in [6.07, 6.45) is 4.08. The maximum atomic E-state index is 5.02. The molecular weight excluding hydrogens is 339 g/mol. The Kier molecular flexibility index (Phi) is 5.95. The molecule has 0 spiro atoms. The van der Waals surface area contributed by atoms with E-state index in [0.29, 0.717) is 0 Å². The first-order valence-electron chi connectivity index (χ1n) is 8.38. The number of pyridine rings is 1. The third-order valence-corrected chi connectivity index (χ3v) is 5.37. The molecular formula is C20H26Cl2N2. The van der Waals surface area contributed by atoms with Crippen molar-refractivity contribution < 1.29 is 0 Å². The van der Waals surface area contributed by atoms with Gasteiger partial charge < -0.3 is 4.90 Å². The molecule has 130 valence electrons. The van der Waals surface area contributed by atoms with Gasteiger partial charge in [-0.1, -0.05) is 18.2 Å². The molecule has 0 amide bonds. The highest BCUT2D eigenvalue weighted by atomic mass is 35.5. The largest absolute Gasteiger partial charge is 0.305 e. The van der Waals surface area contributed by atoms with Crippen molar-refractivity contribution in [2.75, 3.05) is 20.6 Å². The van der Waals surface area contributed by atoms with E-state index >= 15 is 0 Å². The van der Waals surface area contributed by atoms with Crippen LogP contribution in [0.3, 0.4) is 0 Å². The van der Waals surface area contributed by atoms with Crippen LogP contribution in [0.1, 0.15) is 30.5 Å². The summed E-state index contributed by atoms with van der Waals surface area (Å²) in [6, 6.07) is 10.8. The fraction of sp³-hybridized carbons (Fsp3) is 0.450. The van der Waals surface area contributed by atoms with Crippen molar-refractivity contribution in [2.24, 2.45) is 11.8 Å². The van der Waals surface area contributed by atoms with Crippen LogP contribution in [0.15, 0.2) is 35.9 Å². The van der Waals surface area contributed by atoms with Crippen LogP contribution in [0.2, 0.25) is 0 Å².